The van der Waals surface area contributed by atoms with Crippen molar-refractivity contribution in [2.45, 2.75) is 154 Å². The summed E-state index contributed by atoms with van der Waals surface area (Å²) in [5, 5.41) is 0.242. The molecular formula is C33H58O4Si2. The Kier molecular flexibility index (Phi) is 12.3. The molecule has 39 heavy (non-hydrogen) atoms. The molecule has 4 nitrogen and oxygen atoms in total. The van der Waals surface area contributed by atoms with Gasteiger partial charge >= 0.3 is 5.97 Å². The lowest BCUT2D eigenvalue weighted by Crippen LogP contribution is -2.48. The van der Waals surface area contributed by atoms with E-state index < -0.39 is 16.6 Å². The lowest BCUT2D eigenvalue weighted by molar-refractivity contribution is -0.158. The van der Waals surface area contributed by atoms with E-state index in [2.05, 4.69) is 111 Å². The minimum atomic E-state index is -2.07. The topological polar surface area (TPSA) is 44.8 Å². The van der Waals surface area contributed by atoms with Crippen LogP contribution in [0.2, 0.25) is 36.3 Å². The first kappa shape index (κ1) is 34.0. The van der Waals surface area contributed by atoms with Gasteiger partial charge < -0.3 is 13.6 Å². The number of rotatable bonds is 12. The minimum Gasteiger partial charge on any atom is -0.459 e. The Bertz CT molecular complexity index is 928. The molecule has 2 rings (SSSR count). The van der Waals surface area contributed by atoms with E-state index >= 15 is 0 Å². The summed E-state index contributed by atoms with van der Waals surface area (Å²) in [6, 6.07) is 0. The van der Waals surface area contributed by atoms with Crippen molar-refractivity contribution in [3.05, 3.63) is 47.6 Å². The van der Waals surface area contributed by atoms with Crippen LogP contribution in [0.5, 0.6) is 0 Å². The fourth-order valence-corrected chi connectivity index (χ4v) is 7.02. The van der Waals surface area contributed by atoms with Crippen molar-refractivity contribution in [3.8, 4) is 0 Å². The highest BCUT2D eigenvalue weighted by molar-refractivity contribution is 6.74. The zero-order valence-corrected chi connectivity index (χ0v) is 29.0. The number of allylic oxidation sites excluding steroid dienone is 6. The van der Waals surface area contributed by atoms with Crippen LogP contribution in [0.25, 0.3) is 0 Å². The standard InChI is InChI=1S/C33H58O4Si2/c1-12-13-14-20-28(36-38(8,9)32(2,3)4)27-19-16-15-18-26(25-27)23-24-30(29-21-17-22-31(34)35-29)37-39(10,11)33(5,6)7/h15-16,18-19,23-24,28-30H,12-14,17,20-22,25H2,1-11H3/b24-23+/t28-,29+,30-/m1/s1. The van der Waals surface area contributed by atoms with Gasteiger partial charge in [0.05, 0.1) is 6.10 Å². The van der Waals surface area contributed by atoms with Crippen LogP contribution in [-0.4, -0.2) is 40.9 Å². The van der Waals surface area contributed by atoms with Crippen LogP contribution in [0.15, 0.2) is 47.6 Å². The summed E-state index contributed by atoms with van der Waals surface area (Å²) in [4.78, 5) is 12.2. The molecule has 1 fully saturated rings. The van der Waals surface area contributed by atoms with Gasteiger partial charge in [0.25, 0.3) is 0 Å². The molecule has 0 aromatic rings. The molecule has 1 aliphatic carbocycles. The van der Waals surface area contributed by atoms with E-state index in [1.54, 1.807) is 0 Å². The van der Waals surface area contributed by atoms with Crippen molar-refractivity contribution < 1.29 is 18.4 Å². The highest BCUT2D eigenvalue weighted by Crippen LogP contribution is 2.40. The van der Waals surface area contributed by atoms with Crippen LogP contribution in [0.4, 0.5) is 0 Å². The highest BCUT2D eigenvalue weighted by Gasteiger charge is 2.42. The molecule has 1 aliphatic heterocycles. The summed E-state index contributed by atoms with van der Waals surface area (Å²) in [6.07, 6.45) is 20.5. The maximum absolute atomic E-state index is 12.2. The summed E-state index contributed by atoms with van der Waals surface area (Å²) in [5.41, 5.74) is 2.59. The van der Waals surface area contributed by atoms with Crippen molar-refractivity contribution in [3.63, 3.8) is 0 Å². The molecule has 1 heterocycles. The van der Waals surface area contributed by atoms with Gasteiger partial charge in [0.1, 0.15) is 12.2 Å². The quantitative estimate of drug-likeness (QED) is 0.132. The number of ether oxygens (including phenoxy) is 1. The summed E-state index contributed by atoms with van der Waals surface area (Å²) >= 11 is 0. The van der Waals surface area contributed by atoms with Crippen molar-refractivity contribution in [2.75, 3.05) is 0 Å². The van der Waals surface area contributed by atoms with Crippen molar-refractivity contribution in [1.29, 1.82) is 0 Å². The van der Waals surface area contributed by atoms with Crippen LogP contribution < -0.4 is 0 Å². The summed E-state index contributed by atoms with van der Waals surface area (Å²) in [6.45, 7) is 25.2. The van der Waals surface area contributed by atoms with Gasteiger partial charge in [-0.25, -0.2) is 0 Å². The van der Waals surface area contributed by atoms with E-state index in [1.807, 2.05) is 0 Å². The van der Waals surface area contributed by atoms with Gasteiger partial charge in [-0.2, -0.15) is 0 Å². The lowest BCUT2D eigenvalue weighted by Gasteiger charge is -2.41. The predicted octanol–water partition coefficient (Wildman–Crippen LogP) is 9.81. The predicted molar refractivity (Wildman–Crippen MR) is 171 cm³/mol. The lowest BCUT2D eigenvalue weighted by atomic mass is 9.96. The largest absolute Gasteiger partial charge is 0.459 e. The normalized spacial score (nSPS) is 21.3. The monoisotopic (exact) mass is 574 g/mol. The number of unbranched alkanes of at least 4 members (excludes halogenated alkanes) is 2. The third kappa shape index (κ3) is 10.3. The van der Waals surface area contributed by atoms with Crippen LogP contribution in [0, 0.1) is 0 Å². The molecule has 0 aromatic carbocycles. The molecule has 6 heteroatoms. The van der Waals surface area contributed by atoms with Gasteiger partial charge in [-0.1, -0.05) is 104 Å². The van der Waals surface area contributed by atoms with Crippen LogP contribution in [0.3, 0.4) is 0 Å². The molecule has 1 saturated heterocycles. The maximum atomic E-state index is 12.2. The second-order valence-electron chi connectivity index (χ2n) is 14.5. The Hall–Kier alpha value is -1.22. The Labute approximate surface area is 242 Å². The third-order valence-electron chi connectivity index (χ3n) is 9.12. The van der Waals surface area contributed by atoms with Gasteiger partial charge in [0.2, 0.25) is 0 Å². The Morgan fingerprint density at radius 3 is 2.18 bits per heavy atom. The van der Waals surface area contributed by atoms with E-state index in [9.17, 15) is 4.79 Å². The zero-order chi connectivity index (χ0) is 29.5. The number of carbonyl (C=O) groups is 1. The summed E-state index contributed by atoms with van der Waals surface area (Å²) in [7, 11) is -4.00. The fourth-order valence-electron chi connectivity index (χ4n) is 4.42. The van der Waals surface area contributed by atoms with Gasteiger partial charge in [0.15, 0.2) is 16.6 Å². The molecule has 0 amide bonds. The van der Waals surface area contributed by atoms with E-state index in [1.165, 1.54) is 30.4 Å². The first-order valence-corrected chi connectivity index (χ1v) is 21.1. The van der Waals surface area contributed by atoms with Crippen LogP contribution in [0.1, 0.15) is 99.8 Å². The highest BCUT2D eigenvalue weighted by atomic mass is 28.4. The second-order valence-corrected chi connectivity index (χ2v) is 24.0. The van der Waals surface area contributed by atoms with Gasteiger partial charge in [-0.05, 0) is 73.1 Å². The van der Waals surface area contributed by atoms with Crippen molar-refractivity contribution >= 4 is 22.6 Å². The average Bonchev–Trinajstić information content (AvgIpc) is 3.05. The Morgan fingerprint density at radius 2 is 1.59 bits per heavy atom. The Morgan fingerprint density at radius 1 is 0.974 bits per heavy atom. The smallest absolute Gasteiger partial charge is 0.306 e. The van der Waals surface area contributed by atoms with E-state index in [0.29, 0.717) is 6.42 Å². The van der Waals surface area contributed by atoms with Gasteiger partial charge in [-0.3, -0.25) is 4.79 Å². The third-order valence-corrected chi connectivity index (χ3v) is 18.1. The average molecular weight is 575 g/mol. The van der Waals surface area contributed by atoms with Gasteiger partial charge in [0, 0.05) is 6.42 Å². The molecule has 0 radical (unpaired) electrons. The van der Waals surface area contributed by atoms with Gasteiger partial charge in [-0.15, -0.1) is 0 Å². The molecular weight excluding hydrogens is 517 g/mol. The van der Waals surface area contributed by atoms with E-state index in [0.717, 1.165) is 25.7 Å². The number of carbonyl (C=O) groups excluding carboxylic acids is 1. The molecule has 2 aliphatic rings. The molecule has 0 N–H and O–H groups in total. The molecule has 0 spiro atoms. The van der Waals surface area contributed by atoms with E-state index in [4.69, 9.17) is 13.6 Å². The Balaban J connectivity index is 2.30. The molecule has 0 aromatic heterocycles. The maximum Gasteiger partial charge on any atom is 0.306 e. The minimum absolute atomic E-state index is 0.0742. The number of cyclic esters (lactones) is 1. The SMILES string of the molecule is CCCCC[C@@H](O[Si](C)(C)C(C)(C)C)C1=CC=CC=C(/C=C/[C@@H](O[Si](C)(C)C(C)(C)C)[C@@H]2CCCC(=O)O2)C1. The molecule has 0 unspecified atom stereocenters. The number of hydrogen-bond acceptors (Lipinski definition) is 4. The van der Waals surface area contributed by atoms with Crippen LogP contribution in [-0.2, 0) is 18.4 Å². The summed E-state index contributed by atoms with van der Waals surface area (Å²) < 4.78 is 19.7. The molecule has 0 saturated carbocycles. The molecule has 0 bridgehead atoms. The first-order chi connectivity index (χ1) is 18.0. The van der Waals surface area contributed by atoms with Crippen molar-refractivity contribution in [1.82, 2.24) is 0 Å². The molecule has 3 atom stereocenters. The zero-order valence-electron chi connectivity index (χ0n) is 27.0. The van der Waals surface area contributed by atoms with Crippen LogP contribution >= 0.6 is 0 Å². The first-order valence-electron chi connectivity index (χ1n) is 15.3. The fraction of sp³-hybridized carbons (Fsp3) is 0.727. The van der Waals surface area contributed by atoms with Crippen molar-refractivity contribution in [2.24, 2.45) is 0 Å². The summed E-state index contributed by atoms with van der Waals surface area (Å²) in [5.74, 6) is -0.108. The number of esters is 1. The van der Waals surface area contributed by atoms with E-state index in [-0.39, 0.29) is 34.4 Å². The molecule has 222 valence electrons. The number of hydrogen-bond donors (Lipinski definition) is 0. The second kappa shape index (κ2) is 14.1.